The van der Waals surface area contributed by atoms with Crippen LogP contribution in [0.5, 0.6) is 0 Å². The zero-order valence-electron chi connectivity index (χ0n) is 9.92. The third-order valence-corrected chi connectivity index (χ3v) is 3.91. The van der Waals surface area contributed by atoms with Crippen LogP contribution in [-0.2, 0) is 4.43 Å². The number of hydrogen-bond acceptors (Lipinski definition) is 2. The Morgan fingerprint density at radius 3 is 2.21 bits per heavy atom. The molecular formula is C11H22O2Si. The Hall–Kier alpha value is 0.137. The summed E-state index contributed by atoms with van der Waals surface area (Å²) in [5, 5.41) is 9.27. The van der Waals surface area contributed by atoms with Gasteiger partial charge < -0.3 is 9.53 Å². The highest BCUT2D eigenvalue weighted by molar-refractivity contribution is 6.31. The van der Waals surface area contributed by atoms with E-state index in [2.05, 4.69) is 34.6 Å². The van der Waals surface area contributed by atoms with Gasteiger partial charge in [0.15, 0.2) is 0 Å². The molecule has 0 unspecified atom stereocenters. The topological polar surface area (TPSA) is 29.5 Å². The lowest BCUT2D eigenvalue weighted by atomic mass is 10.0. The second-order valence-electron chi connectivity index (χ2n) is 5.84. The van der Waals surface area contributed by atoms with Crippen molar-refractivity contribution in [2.75, 3.05) is 6.61 Å². The van der Waals surface area contributed by atoms with Gasteiger partial charge in [-0.2, -0.15) is 0 Å². The first kappa shape index (κ1) is 12.2. The zero-order chi connectivity index (χ0) is 11.0. The third kappa shape index (κ3) is 3.37. The second-order valence-corrected chi connectivity index (χ2v) is 7.75. The van der Waals surface area contributed by atoms with E-state index < -0.39 is 0 Å². The van der Waals surface area contributed by atoms with Crippen molar-refractivity contribution in [2.24, 2.45) is 11.8 Å². The Bertz CT molecular complexity index is 196. The average Bonchev–Trinajstić information content (AvgIpc) is 2.78. The SMILES string of the molecule is CC(C)(C)[Si]OC(C)(C)[C@H]1C[C@H]1CO. The van der Waals surface area contributed by atoms with Gasteiger partial charge in [-0.15, -0.1) is 0 Å². The minimum Gasteiger partial charge on any atom is -0.412 e. The normalized spacial score (nSPS) is 27.9. The largest absolute Gasteiger partial charge is 0.412 e. The highest BCUT2D eigenvalue weighted by Gasteiger charge is 2.48. The van der Waals surface area contributed by atoms with Crippen molar-refractivity contribution in [2.45, 2.75) is 51.7 Å². The highest BCUT2D eigenvalue weighted by atomic mass is 28.2. The first-order valence-corrected chi connectivity index (χ1v) is 6.23. The molecule has 82 valence electrons. The van der Waals surface area contributed by atoms with Crippen molar-refractivity contribution in [3.8, 4) is 0 Å². The Morgan fingerprint density at radius 2 is 1.86 bits per heavy atom. The van der Waals surface area contributed by atoms with Crippen molar-refractivity contribution in [1.82, 2.24) is 0 Å². The van der Waals surface area contributed by atoms with E-state index in [0.717, 1.165) is 6.42 Å². The predicted molar refractivity (Wildman–Crippen MR) is 59.3 cm³/mol. The van der Waals surface area contributed by atoms with E-state index in [-0.39, 0.29) is 10.6 Å². The number of aliphatic hydroxyl groups excluding tert-OH is 1. The number of rotatable bonds is 4. The van der Waals surface area contributed by atoms with Gasteiger partial charge in [-0.25, -0.2) is 0 Å². The number of hydrogen-bond donors (Lipinski definition) is 1. The standard InChI is InChI=1S/C11H22O2Si/c1-10(2,3)14-13-11(4,5)9-6-8(9)7-12/h8-9,12H,6-7H2,1-5H3/t8-,9-/m0/s1. The molecule has 2 nitrogen and oxygen atoms in total. The van der Waals surface area contributed by atoms with Crippen LogP contribution in [0, 0.1) is 11.8 Å². The maximum Gasteiger partial charge on any atom is 0.236 e. The summed E-state index contributed by atoms with van der Waals surface area (Å²) in [6.07, 6.45) is 1.12. The lowest BCUT2D eigenvalue weighted by Crippen LogP contribution is -2.32. The lowest BCUT2D eigenvalue weighted by Gasteiger charge is -2.29. The van der Waals surface area contributed by atoms with Crippen LogP contribution >= 0.6 is 0 Å². The molecule has 0 aliphatic heterocycles. The zero-order valence-corrected chi connectivity index (χ0v) is 10.9. The molecule has 3 heteroatoms. The van der Waals surface area contributed by atoms with E-state index in [1.54, 1.807) is 0 Å². The van der Waals surface area contributed by atoms with Crippen LogP contribution in [-0.4, -0.2) is 27.1 Å². The van der Waals surface area contributed by atoms with Crippen LogP contribution in [0.15, 0.2) is 0 Å². The Labute approximate surface area is 90.0 Å². The van der Waals surface area contributed by atoms with E-state index >= 15 is 0 Å². The van der Waals surface area contributed by atoms with Crippen LogP contribution in [0.4, 0.5) is 0 Å². The monoisotopic (exact) mass is 214 g/mol. The molecule has 0 amide bonds. The molecule has 0 heterocycles. The fraction of sp³-hybridized carbons (Fsp3) is 1.00. The van der Waals surface area contributed by atoms with E-state index in [4.69, 9.17) is 9.53 Å². The van der Waals surface area contributed by atoms with Crippen molar-refractivity contribution in [3.05, 3.63) is 0 Å². The van der Waals surface area contributed by atoms with E-state index in [1.807, 2.05) is 0 Å². The van der Waals surface area contributed by atoms with E-state index in [9.17, 15) is 0 Å². The molecule has 0 spiro atoms. The maximum absolute atomic E-state index is 9.01. The van der Waals surface area contributed by atoms with Crippen LogP contribution < -0.4 is 0 Å². The Balaban J connectivity index is 2.36. The van der Waals surface area contributed by atoms with Crippen molar-refractivity contribution in [1.29, 1.82) is 0 Å². The van der Waals surface area contributed by atoms with Gasteiger partial charge in [0, 0.05) is 6.61 Å². The second kappa shape index (κ2) is 3.95. The number of aliphatic hydroxyl groups is 1. The molecule has 1 saturated carbocycles. The summed E-state index contributed by atoms with van der Waals surface area (Å²) in [6, 6.07) is 0. The van der Waals surface area contributed by atoms with Gasteiger partial charge >= 0.3 is 0 Å². The van der Waals surface area contributed by atoms with Gasteiger partial charge in [-0.1, -0.05) is 20.8 Å². The molecule has 0 aromatic carbocycles. The molecule has 0 bridgehead atoms. The van der Waals surface area contributed by atoms with Crippen LogP contribution in [0.3, 0.4) is 0 Å². The van der Waals surface area contributed by atoms with Gasteiger partial charge in [0.2, 0.25) is 9.76 Å². The molecule has 2 radical (unpaired) electrons. The fourth-order valence-electron chi connectivity index (χ4n) is 1.66. The van der Waals surface area contributed by atoms with E-state index in [1.165, 1.54) is 0 Å². The van der Waals surface area contributed by atoms with Crippen molar-refractivity contribution in [3.63, 3.8) is 0 Å². The molecule has 1 fully saturated rings. The minimum atomic E-state index is -0.0564. The third-order valence-electron chi connectivity index (χ3n) is 2.67. The minimum absolute atomic E-state index is 0.0564. The summed E-state index contributed by atoms with van der Waals surface area (Å²) >= 11 is 0. The first-order chi connectivity index (χ1) is 6.26. The van der Waals surface area contributed by atoms with Gasteiger partial charge in [0.25, 0.3) is 0 Å². The molecule has 2 atom stereocenters. The molecule has 14 heavy (non-hydrogen) atoms. The molecular weight excluding hydrogens is 192 g/mol. The molecule has 0 aromatic rings. The summed E-state index contributed by atoms with van der Waals surface area (Å²) in [4.78, 5) is 0. The summed E-state index contributed by atoms with van der Waals surface area (Å²) in [5.41, 5.74) is -0.0564. The van der Waals surface area contributed by atoms with Gasteiger partial charge in [-0.3, -0.25) is 0 Å². The quantitative estimate of drug-likeness (QED) is 0.727. The molecule has 0 aromatic heterocycles. The summed E-state index contributed by atoms with van der Waals surface area (Å²) in [7, 11) is 0.535. The van der Waals surface area contributed by atoms with Crippen molar-refractivity contribution >= 4 is 9.76 Å². The van der Waals surface area contributed by atoms with Crippen LogP contribution in [0.1, 0.15) is 41.0 Å². The van der Waals surface area contributed by atoms with Gasteiger partial charge in [-0.05, 0) is 37.1 Å². The molecule has 1 N–H and O–H groups in total. The van der Waals surface area contributed by atoms with Gasteiger partial charge in [0.1, 0.15) is 0 Å². The highest BCUT2D eigenvalue weighted by Crippen LogP contribution is 2.47. The fourth-order valence-corrected chi connectivity index (χ4v) is 2.38. The summed E-state index contributed by atoms with van der Waals surface area (Å²) in [5.74, 6) is 1.04. The lowest BCUT2D eigenvalue weighted by molar-refractivity contribution is 0.0739. The van der Waals surface area contributed by atoms with Crippen molar-refractivity contribution < 1.29 is 9.53 Å². The predicted octanol–water partition coefficient (Wildman–Crippen LogP) is 2.25. The average molecular weight is 214 g/mol. The summed E-state index contributed by atoms with van der Waals surface area (Å²) < 4.78 is 5.97. The summed E-state index contributed by atoms with van der Waals surface area (Å²) in [6.45, 7) is 11.2. The molecule has 0 saturated heterocycles. The van der Waals surface area contributed by atoms with Crippen LogP contribution in [0.25, 0.3) is 0 Å². The Kier molecular flexibility index (Phi) is 3.44. The smallest absolute Gasteiger partial charge is 0.236 e. The molecule has 1 rings (SSSR count). The first-order valence-electron chi connectivity index (χ1n) is 5.32. The van der Waals surface area contributed by atoms with Crippen LogP contribution in [0.2, 0.25) is 5.04 Å². The Morgan fingerprint density at radius 1 is 1.29 bits per heavy atom. The van der Waals surface area contributed by atoms with Gasteiger partial charge in [0.05, 0.1) is 5.60 Å². The maximum atomic E-state index is 9.01. The van der Waals surface area contributed by atoms with E-state index in [0.29, 0.717) is 28.2 Å². The molecule has 1 aliphatic carbocycles. The molecule has 1 aliphatic rings.